The van der Waals surface area contributed by atoms with Gasteiger partial charge in [0.2, 0.25) is 5.75 Å². The second-order valence-corrected chi connectivity index (χ2v) is 21.3. The lowest BCUT2D eigenvalue weighted by Crippen LogP contribution is -2.13. The number of unbranched alkanes of at least 4 members (excludes halogenated alkanes) is 27. The summed E-state index contributed by atoms with van der Waals surface area (Å²) < 4.78 is 25.7. The summed E-state index contributed by atoms with van der Waals surface area (Å²) >= 11 is 0. The number of rotatable bonds is 42. The Labute approximate surface area is 465 Å². The molecule has 0 spiro atoms. The van der Waals surface area contributed by atoms with E-state index in [0.29, 0.717) is 71.0 Å². The Kier molecular flexibility index (Phi) is 30.3. The molecular weight excluding hydrogens is 955 g/mol. The van der Waals surface area contributed by atoms with Crippen molar-refractivity contribution < 1.29 is 28.5 Å². The fourth-order valence-electron chi connectivity index (χ4n) is 9.78. The van der Waals surface area contributed by atoms with Crippen LogP contribution in [-0.2, 0) is 0 Å². The summed E-state index contributed by atoms with van der Waals surface area (Å²) in [5, 5.41) is 3.04. The minimum Gasteiger partial charge on any atom is -0.490 e. The molecule has 0 atom stereocenters. The first-order valence-electron chi connectivity index (χ1n) is 30.3. The van der Waals surface area contributed by atoms with Gasteiger partial charge in [-0.3, -0.25) is 4.79 Å². The number of nitrogens with two attached hydrogens (primary N) is 2. The number of nitrogen functional groups attached to an aromatic ring is 2. The van der Waals surface area contributed by atoms with Crippen LogP contribution in [0.25, 0.3) is 22.3 Å². The number of carbonyl (C=O) groups excluding carboxylic acids is 2. The Hall–Kier alpha value is -5.96. The fourth-order valence-corrected chi connectivity index (χ4v) is 9.78. The van der Waals surface area contributed by atoms with Gasteiger partial charge in [-0.1, -0.05) is 218 Å². The Morgan fingerprint density at radius 2 is 0.727 bits per heavy atom. The molecule has 77 heavy (non-hydrogen) atoms. The molecule has 0 saturated carbocycles. The molecule has 0 bridgehead atoms. The number of nitrogens with one attached hydrogen (secondary N) is 1. The summed E-state index contributed by atoms with van der Waals surface area (Å²) in [6, 6.07) is 31.3. The van der Waals surface area contributed by atoms with Gasteiger partial charge in [0.25, 0.3) is 5.91 Å². The molecule has 0 aliphatic carbocycles. The average Bonchev–Trinajstić information content (AvgIpc) is 3.44. The number of hydrogen-bond acceptors (Lipinski definition) is 8. The number of benzene rings is 5. The minimum atomic E-state index is -0.537. The number of ether oxygens (including phenoxy) is 4. The van der Waals surface area contributed by atoms with Gasteiger partial charge < -0.3 is 35.7 Å². The summed E-state index contributed by atoms with van der Waals surface area (Å²) in [5.41, 5.74) is 18.3. The highest BCUT2D eigenvalue weighted by atomic mass is 16.5. The second kappa shape index (κ2) is 37.8. The van der Waals surface area contributed by atoms with E-state index in [9.17, 15) is 9.59 Å². The molecule has 9 heteroatoms. The highest BCUT2D eigenvalue weighted by molar-refractivity contribution is 6.06. The van der Waals surface area contributed by atoms with E-state index in [4.69, 9.17) is 30.4 Å². The zero-order valence-electron chi connectivity index (χ0n) is 47.8. The first kappa shape index (κ1) is 61.9. The summed E-state index contributed by atoms with van der Waals surface area (Å²) in [6.45, 7) is 8.38. The molecule has 0 aromatic heterocycles. The van der Waals surface area contributed by atoms with E-state index in [2.05, 4.69) is 32.2 Å². The Morgan fingerprint density at radius 3 is 1.10 bits per heavy atom. The smallest absolute Gasteiger partial charge is 0.343 e. The van der Waals surface area contributed by atoms with Crippen LogP contribution in [0.2, 0.25) is 0 Å². The van der Waals surface area contributed by atoms with Gasteiger partial charge in [0.1, 0.15) is 5.75 Å². The van der Waals surface area contributed by atoms with E-state index >= 15 is 0 Å². The molecule has 0 aliphatic rings. The summed E-state index contributed by atoms with van der Waals surface area (Å²) in [4.78, 5) is 28.1. The van der Waals surface area contributed by atoms with Crippen molar-refractivity contribution in [3.8, 4) is 45.3 Å². The number of amides is 1. The van der Waals surface area contributed by atoms with E-state index in [-0.39, 0.29) is 5.91 Å². The molecule has 9 nitrogen and oxygen atoms in total. The van der Waals surface area contributed by atoms with E-state index in [1.165, 1.54) is 154 Å². The largest absolute Gasteiger partial charge is 0.490 e. The van der Waals surface area contributed by atoms with Gasteiger partial charge in [-0.2, -0.15) is 0 Å². The lowest BCUT2D eigenvalue weighted by molar-refractivity contribution is 0.0733. The third-order valence-electron chi connectivity index (χ3n) is 14.5. The van der Waals surface area contributed by atoms with Crippen molar-refractivity contribution >= 4 is 28.9 Å². The minimum absolute atomic E-state index is 0.283. The van der Waals surface area contributed by atoms with Crippen molar-refractivity contribution in [1.29, 1.82) is 0 Å². The topological polar surface area (TPSA) is 135 Å². The molecular formula is C68H97N3O6. The average molecular weight is 1050 g/mol. The van der Waals surface area contributed by atoms with Gasteiger partial charge in [0.05, 0.1) is 25.4 Å². The summed E-state index contributed by atoms with van der Waals surface area (Å²) in [7, 11) is 0. The quantitative estimate of drug-likeness (QED) is 0.0152. The van der Waals surface area contributed by atoms with Crippen LogP contribution in [0.3, 0.4) is 0 Å². The first-order valence-corrected chi connectivity index (χ1v) is 30.3. The molecule has 5 rings (SSSR count). The van der Waals surface area contributed by atoms with Gasteiger partial charge in [-0.15, -0.1) is 0 Å². The highest BCUT2D eigenvalue weighted by Gasteiger charge is 2.21. The third kappa shape index (κ3) is 24.5. The third-order valence-corrected chi connectivity index (χ3v) is 14.5. The van der Waals surface area contributed by atoms with Gasteiger partial charge in [-0.05, 0) is 120 Å². The van der Waals surface area contributed by atoms with Crippen molar-refractivity contribution in [3.63, 3.8) is 0 Å². The Morgan fingerprint density at radius 1 is 0.377 bits per heavy atom. The van der Waals surface area contributed by atoms with Gasteiger partial charge >= 0.3 is 5.97 Å². The van der Waals surface area contributed by atoms with Crippen molar-refractivity contribution in [2.45, 2.75) is 213 Å². The van der Waals surface area contributed by atoms with Gasteiger partial charge in [-0.25, -0.2) is 4.79 Å². The molecule has 420 valence electrons. The second-order valence-electron chi connectivity index (χ2n) is 21.3. The Balaban J connectivity index is 1.28. The van der Waals surface area contributed by atoms with Gasteiger partial charge in [0, 0.05) is 22.6 Å². The number of hydrogen-bond donors (Lipinski definition) is 3. The van der Waals surface area contributed by atoms with Crippen molar-refractivity contribution in [2.75, 3.05) is 36.6 Å². The lowest BCUT2D eigenvalue weighted by Gasteiger charge is -2.19. The van der Waals surface area contributed by atoms with E-state index in [1.54, 1.807) is 36.4 Å². The highest BCUT2D eigenvalue weighted by Crippen LogP contribution is 2.40. The van der Waals surface area contributed by atoms with Crippen molar-refractivity contribution in [1.82, 2.24) is 0 Å². The molecule has 0 fully saturated rings. The molecule has 0 unspecified atom stereocenters. The molecule has 0 heterocycles. The SMILES string of the molecule is CCCCCCCCCCCCOc1cc(C(=O)Oc2ccc(NC(=O)c3cc(-c4ccc(N)cc4)cc(-c4ccc(N)cc4)c3)cc2)cc(OCCCCCCCCCCCC)c1OCCCCCCCCCCCC. The Bertz CT molecular complexity index is 2270. The standard InChI is InChI=1S/C68H97N3O6/c1-4-7-10-13-16-19-22-25-28-31-46-74-64-52-59(53-65(75-47-32-29-26-23-20-17-14-11-8-5-2)66(64)76-48-33-30-27-24-21-18-15-12-9-6-3)68(73)77-63-44-42-62(43-45-63)71-67(72)58-50-56(54-34-38-60(69)39-35-54)49-57(51-58)55-36-40-61(70)41-37-55/h34-45,49-53H,4-33,46-48,69-70H2,1-3H3,(H,71,72). The maximum Gasteiger partial charge on any atom is 0.343 e. The molecule has 5 N–H and O–H groups in total. The van der Waals surface area contributed by atoms with Crippen LogP contribution in [0.15, 0.2) is 103 Å². The predicted molar refractivity (Wildman–Crippen MR) is 324 cm³/mol. The van der Waals surface area contributed by atoms with Crippen LogP contribution in [0.4, 0.5) is 17.1 Å². The normalized spacial score (nSPS) is 11.2. The number of esters is 1. The fraction of sp³-hybridized carbons (Fsp3) is 0.529. The van der Waals surface area contributed by atoms with E-state index in [1.807, 2.05) is 60.7 Å². The van der Waals surface area contributed by atoms with Crippen LogP contribution >= 0.6 is 0 Å². The van der Waals surface area contributed by atoms with Crippen LogP contribution in [0.5, 0.6) is 23.0 Å². The molecule has 5 aromatic rings. The zero-order chi connectivity index (χ0) is 54.6. The maximum absolute atomic E-state index is 14.1. The van der Waals surface area contributed by atoms with Crippen LogP contribution < -0.4 is 35.7 Å². The zero-order valence-corrected chi connectivity index (χ0v) is 47.8. The maximum atomic E-state index is 14.1. The molecule has 0 radical (unpaired) electrons. The predicted octanol–water partition coefficient (Wildman–Crippen LogP) is 19.6. The molecule has 1 amide bonds. The van der Waals surface area contributed by atoms with Crippen molar-refractivity contribution in [2.24, 2.45) is 0 Å². The molecule has 0 aliphatic heterocycles. The van der Waals surface area contributed by atoms with E-state index in [0.717, 1.165) is 60.8 Å². The number of anilines is 3. The van der Waals surface area contributed by atoms with Crippen LogP contribution in [0, 0.1) is 0 Å². The summed E-state index contributed by atoms with van der Waals surface area (Å²) in [5.74, 6) is 1.11. The van der Waals surface area contributed by atoms with Crippen molar-refractivity contribution in [3.05, 3.63) is 114 Å². The van der Waals surface area contributed by atoms with Gasteiger partial charge in [0.15, 0.2) is 11.5 Å². The number of carbonyl (C=O) groups is 2. The first-order chi connectivity index (χ1) is 37.8. The lowest BCUT2D eigenvalue weighted by atomic mass is 9.95. The van der Waals surface area contributed by atoms with Crippen LogP contribution in [0.1, 0.15) is 234 Å². The monoisotopic (exact) mass is 1050 g/mol. The molecule has 0 saturated heterocycles. The molecule has 5 aromatic carbocycles. The van der Waals surface area contributed by atoms with Crippen LogP contribution in [-0.4, -0.2) is 31.7 Å². The summed E-state index contributed by atoms with van der Waals surface area (Å²) in [6.07, 6.45) is 37.1. The van der Waals surface area contributed by atoms with E-state index < -0.39 is 5.97 Å².